The van der Waals surface area contributed by atoms with E-state index in [0.29, 0.717) is 10.8 Å². The average Bonchev–Trinajstić information content (AvgIpc) is 2.05. The molecule has 0 aliphatic carbocycles. The third-order valence-electron chi connectivity index (χ3n) is 1.00. The Bertz CT molecular complexity index is 360. The fourth-order valence-corrected chi connectivity index (χ4v) is 1.58. The third-order valence-corrected chi connectivity index (χ3v) is 2.07. The van der Waals surface area contributed by atoms with E-state index in [1.165, 1.54) is 0 Å². The average molecular weight is 383 g/mol. The van der Waals surface area contributed by atoms with E-state index in [1.54, 1.807) is 24.3 Å². The lowest BCUT2D eigenvalue weighted by molar-refractivity contribution is 0.600. The summed E-state index contributed by atoms with van der Waals surface area (Å²) in [6, 6.07) is 7.03. The Morgan fingerprint density at radius 3 is 1.94 bits per heavy atom. The van der Waals surface area contributed by atoms with Gasteiger partial charge in [0.15, 0.2) is 0 Å². The molecule has 0 amide bonds. The van der Waals surface area contributed by atoms with Crippen molar-refractivity contribution in [1.29, 1.82) is 0 Å². The van der Waals surface area contributed by atoms with Crippen molar-refractivity contribution in [3.05, 3.63) is 29.3 Å². The Kier molecular flexibility index (Phi) is 9.26. The zero-order chi connectivity index (χ0) is 12.8. The van der Waals surface area contributed by atoms with Crippen molar-refractivity contribution in [2.75, 3.05) is 0 Å². The SMILES string of the molecule is Clc1ccccc1OP(Cl)Cl.O=P(Cl)(Cl)Cl. The van der Waals surface area contributed by atoms with Crippen molar-refractivity contribution in [3.8, 4) is 5.75 Å². The van der Waals surface area contributed by atoms with Gasteiger partial charge in [-0.2, -0.15) is 0 Å². The summed E-state index contributed by atoms with van der Waals surface area (Å²) >= 11 is 30.5. The van der Waals surface area contributed by atoms with Gasteiger partial charge in [-0.3, -0.25) is 4.57 Å². The second kappa shape index (κ2) is 8.51. The van der Waals surface area contributed by atoms with Crippen LogP contribution in [0.25, 0.3) is 0 Å². The number of halogens is 6. The first-order valence-electron chi connectivity index (χ1n) is 3.43. The second-order valence-electron chi connectivity index (χ2n) is 2.12. The number of hydrogen-bond donors (Lipinski definition) is 0. The summed E-state index contributed by atoms with van der Waals surface area (Å²) in [5.41, 5.74) is 0. The maximum Gasteiger partial charge on any atom is 0.339 e. The molecule has 0 aliphatic heterocycles. The van der Waals surface area contributed by atoms with E-state index >= 15 is 0 Å². The van der Waals surface area contributed by atoms with Gasteiger partial charge in [-0.05, 0) is 68.3 Å². The summed E-state index contributed by atoms with van der Waals surface area (Å²) in [5, 5.41) is -2.71. The molecular formula is C6H4Cl6O2P2. The Hall–Kier alpha value is 1.42. The van der Waals surface area contributed by atoms with Crippen LogP contribution in [0, 0.1) is 0 Å². The Morgan fingerprint density at radius 2 is 1.56 bits per heavy atom. The molecule has 0 radical (unpaired) electrons. The maximum absolute atomic E-state index is 9.51. The van der Waals surface area contributed by atoms with Gasteiger partial charge in [-0.15, -0.1) is 0 Å². The predicted octanol–water partition coefficient (Wildman–Crippen LogP) is 7.23. The van der Waals surface area contributed by atoms with Crippen molar-refractivity contribution in [1.82, 2.24) is 0 Å². The quantitative estimate of drug-likeness (QED) is 0.504. The van der Waals surface area contributed by atoms with Crippen LogP contribution in [0.5, 0.6) is 5.75 Å². The normalized spacial score (nSPS) is 10.7. The van der Waals surface area contributed by atoms with Crippen LogP contribution in [0.15, 0.2) is 24.3 Å². The van der Waals surface area contributed by atoms with E-state index in [-0.39, 0.29) is 0 Å². The Balaban J connectivity index is 0.000000385. The van der Waals surface area contributed by atoms with Gasteiger partial charge in [-0.1, -0.05) is 23.7 Å². The molecule has 0 unspecified atom stereocenters. The van der Waals surface area contributed by atoms with Crippen LogP contribution in [-0.4, -0.2) is 0 Å². The molecule has 0 heterocycles. The molecule has 0 fully saturated rings. The van der Waals surface area contributed by atoms with Gasteiger partial charge >= 0.3 is 5.20 Å². The smallest absolute Gasteiger partial charge is 0.339 e. The van der Waals surface area contributed by atoms with Gasteiger partial charge in [-0.25, -0.2) is 0 Å². The summed E-state index contributed by atoms with van der Waals surface area (Å²) in [5.74, 6) is 0.519. The van der Waals surface area contributed by atoms with Crippen LogP contribution in [0.3, 0.4) is 0 Å². The summed E-state index contributed by atoms with van der Waals surface area (Å²) in [4.78, 5) is 0. The fraction of sp³-hybridized carbons (Fsp3) is 0. The van der Waals surface area contributed by atoms with E-state index in [1.807, 2.05) is 0 Å². The highest BCUT2D eigenvalue weighted by molar-refractivity contribution is 8.24. The largest absolute Gasteiger partial charge is 0.443 e. The van der Waals surface area contributed by atoms with E-state index in [4.69, 9.17) is 38.6 Å². The summed E-state index contributed by atoms with van der Waals surface area (Å²) in [6.07, 6.45) is 0. The fourth-order valence-electron chi connectivity index (χ4n) is 0.593. The second-order valence-corrected chi connectivity index (χ2v) is 12.1. The first kappa shape index (κ1) is 17.4. The van der Waals surface area contributed by atoms with E-state index in [9.17, 15) is 4.57 Å². The highest BCUT2D eigenvalue weighted by Gasteiger charge is 2.05. The molecule has 0 aromatic heterocycles. The lowest BCUT2D eigenvalue weighted by Gasteiger charge is -2.05. The van der Waals surface area contributed by atoms with Crippen LogP contribution in [0.4, 0.5) is 0 Å². The molecule has 16 heavy (non-hydrogen) atoms. The molecule has 0 bridgehead atoms. The molecule has 0 aliphatic rings. The van der Waals surface area contributed by atoms with E-state index < -0.39 is 12.1 Å². The topological polar surface area (TPSA) is 26.3 Å². The van der Waals surface area contributed by atoms with Gasteiger partial charge in [0.2, 0.25) is 0 Å². The number of benzene rings is 1. The third kappa shape index (κ3) is 11.9. The molecule has 92 valence electrons. The molecule has 0 saturated heterocycles. The van der Waals surface area contributed by atoms with Crippen molar-refractivity contribution in [3.63, 3.8) is 0 Å². The first-order valence-corrected chi connectivity index (χ1v) is 11.3. The van der Waals surface area contributed by atoms with Crippen LogP contribution in [-0.2, 0) is 4.57 Å². The molecule has 0 saturated carbocycles. The summed E-state index contributed by atoms with van der Waals surface area (Å²) in [7, 11) is 0. The van der Waals surface area contributed by atoms with Gasteiger partial charge < -0.3 is 4.52 Å². The molecule has 1 aromatic rings. The van der Waals surface area contributed by atoms with Gasteiger partial charge in [0.25, 0.3) is 6.85 Å². The lowest BCUT2D eigenvalue weighted by atomic mass is 10.3. The van der Waals surface area contributed by atoms with Crippen LogP contribution < -0.4 is 4.52 Å². The lowest BCUT2D eigenvalue weighted by Crippen LogP contribution is -1.78. The minimum Gasteiger partial charge on any atom is -0.443 e. The molecule has 10 heteroatoms. The number of para-hydroxylation sites is 1. The molecule has 0 N–H and O–H groups in total. The highest BCUT2D eigenvalue weighted by atomic mass is 36.0. The molecule has 1 rings (SSSR count). The molecule has 1 aromatic carbocycles. The van der Waals surface area contributed by atoms with Crippen molar-refractivity contribution < 1.29 is 9.09 Å². The molecule has 0 atom stereocenters. The van der Waals surface area contributed by atoms with Gasteiger partial charge in [0.1, 0.15) is 5.75 Å². The highest BCUT2D eigenvalue weighted by Crippen LogP contribution is 2.61. The van der Waals surface area contributed by atoms with Crippen LogP contribution in [0.2, 0.25) is 5.02 Å². The molecule has 0 spiro atoms. The molecule has 2 nitrogen and oxygen atoms in total. The minimum atomic E-state index is -3.22. The van der Waals surface area contributed by atoms with Crippen molar-refractivity contribution >= 4 is 79.9 Å². The Morgan fingerprint density at radius 1 is 1.12 bits per heavy atom. The van der Waals surface area contributed by atoms with Gasteiger partial charge in [0, 0.05) is 0 Å². The standard InChI is InChI=1S/C6H4Cl3OP.Cl3OP/c7-5-3-1-2-4-6(5)10-11(8)9;1-5(2,3)4/h1-4H;. The van der Waals surface area contributed by atoms with Gasteiger partial charge in [0.05, 0.1) is 5.02 Å². The van der Waals surface area contributed by atoms with E-state index in [0.717, 1.165) is 0 Å². The first-order chi connectivity index (χ1) is 7.20. The number of rotatable bonds is 2. The minimum absolute atomic E-state index is 0.515. The number of hydrogen-bond acceptors (Lipinski definition) is 2. The van der Waals surface area contributed by atoms with Crippen LogP contribution >= 0.6 is 79.9 Å². The zero-order valence-electron chi connectivity index (χ0n) is 7.29. The monoisotopic (exact) mass is 380 g/mol. The summed E-state index contributed by atoms with van der Waals surface area (Å²) < 4.78 is 14.5. The predicted molar refractivity (Wildman–Crippen MR) is 75.9 cm³/mol. The van der Waals surface area contributed by atoms with Crippen molar-refractivity contribution in [2.45, 2.75) is 0 Å². The Labute approximate surface area is 123 Å². The maximum atomic E-state index is 9.51. The zero-order valence-corrected chi connectivity index (χ0v) is 13.6. The summed E-state index contributed by atoms with van der Waals surface area (Å²) in [6.45, 7) is -1.43. The van der Waals surface area contributed by atoms with Crippen LogP contribution in [0.1, 0.15) is 0 Å². The van der Waals surface area contributed by atoms with E-state index in [2.05, 4.69) is 33.7 Å². The van der Waals surface area contributed by atoms with Crippen molar-refractivity contribution in [2.24, 2.45) is 0 Å². The molecular weight excluding hydrogens is 379 g/mol.